The van der Waals surface area contributed by atoms with Crippen LogP contribution >= 0.6 is 12.0 Å². The summed E-state index contributed by atoms with van der Waals surface area (Å²) in [6, 6.07) is 0. The number of halogens is 2. The van der Waals surface area contributed by atoms with Crippen LogP contribution in [0.3, 0.4) is 0 Å². The summed E-state index contributed by atoms with van der Waals surface area (Å²) in [5.74, 6) is -1.95. The van der Waals surface area contributed by atoms with Crippen LogP contribution in [-0.2, 0) is 23.6 Å². The summed E-state index contributed by atoms with van der Waals surface area (Å²) in [5.41, 5.74) is 0. The largest absolute Gasteiger partial charge is 0.691 e. The summed E-state index contributed by atoms with van der Waals surface area (Å²) < 4.78 is 38.6. The van der Waals surface area contributed by atoms with Crippen LogP contribution in [0.4, 0.5) is 8.78 Å². The first-order chi connectivity index (χ1) is 7.47. The highest BCUT2D eigenvalue weighted by molar-refractivity contribution is 7.96. The predicted octanol–water partition coefficient (Wildman–Crippen LogP) is 0.0290. The Morgan fingerprint density at radius 2 is 2.25 bits per heavy atom. The van der Waals surface area contributed by atoms with E-state index in [2.05, 4.69) is 14.1 Å². The maximum absolute atomic E-state index is 12.9. The second-order valence-electron chi connectivity index (χ2n) is 3.19. The van der Waals surface area contributed by atoms with E-state index < -0.39 is 29.4 Å². The van der Waals surface area contributed by atoms with Gasteiger partial charge in [-0.05, 0) is 0 Å². The van der Waals surface area contributed by atoms with Gasteiger partial charge in [-0.25, -0.2) is 4.79 Å². The predicted molar refractivity (Wildman–Crippen MR) is 44.6 cm³/mol. The normalized spacial score (nSPS) is 25.8. The minimum absolute atomic E-state index is 0.0760. The average molecular weight is 259 g/mol. The van der Waals surface area contributed by atoms with E-state index in [1.54, 1.807) is 6.92 Å². The lowest BCUT2D eigenvalue weighted by atomic mass is 10.1. The van der Waals surface area contributed by atoms with Crippen molar-refractivity contribution >= 4 is 18.0 Å². The van der Waals surface area contributed by atoms with Crippen LogP contribution < -0.4 is 5.26 Å². The second-order valence-corrected chi connectivity index (χ2v) is 4.01. The first kappa shape index (κ1) is 13.6. The summed E-state index contributed by atoms with van der Waals surface area (Å²) in [7, 11) is 0. The Balaban J connectivity index is 2.43. The van der Waals surface area contributed by atoms with Gasteiger partial charge in [0.05, 0.1) is 13.2 Å². The van der Waals surface area contributed by atoms with Gasteiger partial charge in [0.1, 0.15) is 18.1 Å². The summed E-state index contributed by atoms with van der Waals surface area (Å²) in [4.78, 5) is 11.0. The van der Waals surface area contributed by atoms with Crippen LogP contribution in [0.15, 0.2) is 0 Å². The van der Waals surface area contributed by atoms with Crippen molar-refractivity contribution in [1.82, 2.24) is 0 Å². The van der Waals surface area contributed by atoms with Gasteiger partial charge in [0.2, 0.25) is 0 Å². The molecule has 0 bridgehead atoms. The summed E-state index contributed by atoms with van der Waals surface area (Å²) in [6.07, 6.45) is -0.716. The number of alkyl halides is 2. The van der Waals surface area contributed by atoms with Crippen LogP contribution in [0.2, 0.25) is 0 Å². The molecule has 0 aromatic rings. The fourth-order valence-corrected chi connectivity index (χ4v) is 1.32. The highest BCUT2D eigenvalue weighted by Gasteiger charge is 2.46. The van der Waals surface area contributed by atoms with E-state index in [0.717, 1.165) is 0 Å². The van der Waals surface area contributed by atoms with Gasteiger partial charge >= 0.3 is 11.2 Å². The van der Waals surface area contributed by atoms with Gasteiger partial charge < -0.3 is 14.7 Å². The molecule has 1 rings (SSSR count). The molecule has 1 fully saturated rings. The van der Waals surface area contributed by atoms with Crippen LogP contribution in [0.1, 0.15) is 6.92 Å². The fourth-order valence-electron chi connectivity index (χ4n) is 1.09. The van der Waals surface area contributed by atoms with Gasteiger partial charge in [-0.1, -0.05) is 6.92 Å². The first-order valence-electron chi connectivity index (χ1n) is 4.28. The molecule has 1 aliphatic heterocycles. The molecule has 0 radical (unpaired) electrons. The highest BCUT2D eigenvalue weighted by Crippen LogP contribution is 2.32. The number of carbonyl (C=O) groups excluding carboxylic acids is 1. The smallest absolute Gasteiger partial charge is 0.415 e. The second kappa shape index (κ2) is 5.73. The summed E-state index contributed by atoms with van der Waals surface area (Å²) in [6.45, 7) is 2.12. The molecule has 0 N–H and O–H groups in total. The summed E-state index contributed by atoms with van der Waals surface area (Å²) in [5, 5.41) is 8.07. The molecule has 2 unspecified atom stereocenters. The van der Waals surface area contributed by atoms with E-state index in [4.69, 9.17) is 4.74 Å². The van der Waals surface area contributed by atoms with Crippen molar-refractivity contribution in [1.29, 1.82) is 0 Å². The Morgan fingerprint density at radius 3 is 2.75 bits per heavy atom. The van der Waals surface area contributed by atoms with Crippen molar-refractivity contribution in [2.75, 3.05) is 13.2 Å². The van der Waals surface area contributed by atoms with Crippen molar-refractivity contribution in [3.8, 4) is 0 Å². The molecule has 1 aliphatic rings. The van der Waals surface area contributed by atoms with Crippen LogP contribution in [0, 0.1) is 5.92 Å². The maximum Gasteiger partial charge on any atom is 0.415 e. The van der Waals surface area contributed by atoms with Gasteiger partial charge in [0.15, 0.2) is 0 Å². The number of ether oxygens (including phenoxy) is 2. The lowest BCUT2D eigenvalue weighted by Crippen LogP contribution is -2.34. The van der Waals surface area contributed by atoms with Crippen molar-refractivity contribution in [3.63, 3.8) is 0 Å². The molecule has 16 heavy (non-hydrogen) atoms. The maximum atomic E-state index is 12.9. The van der Waals surface area contributed by atoms with Gasteiger partial charge in [0.25, 0.3) is 0 Å². The number of rotatable bonds is 5. The van der Waals surface area contributed by atoms with E-state index in [1.165, 1.54) is 0 Å². The van der Waals surface area contributed by atoms with Crippen molar-refractivity contribution < 1.29 is 37.7 Å². The molecule has 6 nitrogen and oxygen atoms in total. The lowest BCUT2D eigenvalue weighted by Gasteiger charge is -2.18. The molecule has 2 atom stereocenters. The van der Waals surface area contributed by atoms with E-state index >= 15 is 0 Å². The zero-order valence-electron chi connectivity index (χ0n) is 8.18. The number of hydrogen-bond acceptors (Lipinski definition) is 7. The third kappa shape index (κ3) is 3.52. The monoisotopic (exact) mass is 259 g/mol. The molecule has 94 valence electrons. The minimum Gasteiger partial charge on any atom is -0.691 e. The molecule has 0 spiro atoms. The van der Waals surface area contributed by atoms with Crippen molar-refractivity contribution in [2.24, 2.45) is 5.92 Å². The molecular formula is C7H9F2O6S-. The summed E-state index contributed by atoms with van der Waals surface area (Å²) >= 11 is -0.712. The van der Waals surface area contributed by atoms with E-state index in [-0.39, 0.29) is 12.5 Å². The molecule has 0 aliphatic carbocycles. The zero-order chi connectivity index (χ0) is 12.2. The Morgan fingerprint density at radius 1 is 1.56 bits per heavy atom. The molecule has 9 heteroatoms. The molecule has 0 saturated carbocycles. The fraction of sp³-hybridized carbons (Fsp3) is 0.857. The van der Waals surface area contributed by atoms with E-state index in [1.807, 2.05) is 0 Å². The van der Waals surface area contributed by atoms with Gasteiger partial charge in [-0.3, -0.25) is 5.04 Å². The number of hydrogen-bond donors (Lipinski definition) is 0. The first-order valence-corrected chi connectivity index (χ1v) is 5.02. The SMILES string of the molecule is CC1COCC1OC(=O)C(F)(F)SOO[O-]. The molecule has 1 heterocycles. The Bertz CT molecular complexity index is 251. The molecule has 1 saturated heterocycles. The van der Waals surface area contributed by atoms with Crippen molar-refractivity contribution in [2.45, 2.75) is 18.3 Å². The van der Waals surface area contributed by atoms with Crippen LogP contribution in [0.5, 0.6) is 0 Å². The van der Waals surface area contributed by atoms with E-state index in [9.17, 15) is 18.8 Å². The lowest BCUT2D eigenvalue weighted by molar-refractivity contribution is -0.777. The van der Waals surface area contributed by atoms with E-state index in [0.29, 0.717) is 6.61 Å². The Kier molecular flexibility index (Phi) is 4.87. The van der Waals surface area contributed by atoms with Gasteiger partial charge in [-0.2, -0.15) is 13.1 Å². The zero-order valence-corrected chi connectivity index (χ0v) is 9.00. The topological polar surface area (TPSA) is 77.1 Å². The minimum atomic E-state index is -3.99. The third-order valence-electron chi connectivity index (χ3n) is 1.96. The standard InChI is InChI=1S/C7H10F2O6S/c1-4-2-12-3-5(4)13-6(10)7(8,9)16-15-14-11/h4-5,11H,2-3H2,1H3/p-1. The Labute approximate surface area is 93.9 Å². The molecular weight excluding hydrogens is 250 g/mol. The van der Waals surface area contributed by atoms with Gasteiger partial charge in [0, 0.05) is 5.92 Å². The van der Waals surface area contributed by atoms with Gasteiger partial charge in [-0.15, -0.1) is 0 Å². The average Bonchev–Trinajstić information content (AvgIpc) is 2.61. The van der Waals surface area contributed by atoms with Crippen LogP contribution in [0.25, 0.3) is 0 Å². The molecule has 0 aromatic heterocycles. The quantitative estimate of drug-likeness (QED) is 0.298. The number of esters is 1. The molecule has 0 aromatic carbocycles. The third-order valence-corrected chi connectivity index (χ3v) is 2.46. The van der Waals surface area contributed by atoms with Crippen LogP contribution in [-0.4, -0.2) is 30.5 Å². The number of carbonyl (C=O) groups is 1. The molecule has 0 amide bonds. The highest BCUT2D eigenvalue weighted by atomic mass is 32.2. The Hall–Kier alpha value is -0.480. The van der Waals surface area contributed by atoms with Crippen molar-refractivity contribution in [3.05, 3.63) is 0 Å².